The Hall–Kier alpha value is -4.17. The summed E-state index contributed by atoms with van der Waals surface area (Å²) < 4.78 is 33.2. The van der Waals surface area contributed by atoms with Gasteiger partial charge in [0.25, 0.3) is 15.9 Å². The Bertz CT molecular complexity index is 1640. The van der Waals surface area contributed by atoms with Crippen LogP contribution in [0, 0.1) is 11.3 Å². The maximum Gasteiger partial charge on any atom is 0.261 e. The summed E-state index contributed by atoms with van der Waals surface area (Å²) in [5.74, 6) is 0.125. The van der Waals surface area contributed by atoms with Crippen molar-refractivity contribution >= 4 is 38.0 Å². The number of nitrogens with one attached hydrogen (secondary N) is 2. The molecule has 0 atom stereocenters. The van der Waals surface area contributed by atoms with Crippen molar-refractivity contribution in [3.8, 4) is 11.8 Å². The second-order valence-corrected chi connectivity index (χ2v) is 11.9. The Balaban J connectivity index is 1.30. The maximum atomic E-state index is 13.1. The lowest BCUT2D eigenvalue weighted by molar-refractivity contribution is 0.102. The molecule has 1 amide bonds. The minimum atomic E-state index is -3.86. The molecular weight excluding hydrogens is 532 g/mol. The average Bonchev–Trinajstić information content (AvgIpc) is 3.29. The standard InChI is InChI=1S/C29H26N4O4S2/c1-37-23-10-12-24(13-11-23)39(35,36)32-22-9-5-8-21(16-22)28(34)31-29-26(17-30)25-14-15-33(19-27(25)38-29)18-20-6-3-2-4-7-20/h2-13,16,32H,14-15,18-19H2,1H3,(H,31,34). The van der Waals surface area contributed by atoms with Gasteiger partial charge in [-0.15, -0.1) is 11.3 Å². The van der Waals surface area contributed by atoms with Gasteiger partial charge in [-0.3, -0.25) is 14.4 Å². The highest BCUT2D eigenvalue weighted by Crippen LogP contribution is 2.37. The van der Waals surface area contributed by atoms with Crippen molar-refractivity contribution < 1.29 is 17.9 Å². The van der Waals surface area contributed by atoms with Gasteiger partial charge in [0.1, 0.15) is 16.8 Å². The summed E-state index contributed by atoms with van der Waals surface area (Å²) in [4.78, 5) is 16.6. The number of fused-ring (bicyclic) bond motifs is 1. The molecule has 0 spiro atoms. The van der Waals surface area contributed by atoms with E-state index in [4.69, 9.17) is 4.74 Å². The van der Waals surface area contributed by atoms with E-state index in [1.54, 1.807) is 30.3 Å². The van der Waals surface area contributed by atoms with Crippen LogP contribution in [0.1, 0.15) is 31.9 Å². The van der Waals surface area contributed by atoms with Crippen LogP contribution in [-0.2, 0) is 29.5 Å². The zero-order valence-corrected chi connectivity index (χ0v) is 22.8. The Morgan fingerprint density at radius 1 is 1.08 bits per heavy atom. The zero-order chi connectivity index (χ0) is 27.4. The van der Waals surface area contributed by atoms with Crippen molar-refractivity contribution in [3.05, 3.63) is 106 Å². The van der Waals surface area contributed by atoms with Crippen LogP contribution >= 0.6 is 11.3 Å². The second kappa shape index (κ2) is 11.3. The van der Waals surface area contributed by atoms with Gasteiger partial charge in [-0.25, -0.2) is 8.42 Å². The number of hydrogen-bond acceptors (Lipinski definition) is 7. The number of amides is 1. The summed E-state index contributed by atoms with van der Waals surface area (Å²) in [6.45, 7) is 2.36. The van der Waals surface area contributed by atoms with Crippen LogP contribution in [0.2, 0.25) is 0 Å². The van der Waals surface area contributed by atoms with Gasteiger partial charge < -0.3 is 10.1 Å². The third-order valence-electron chi connectivity index (χ3n) is 6.47. The fraction of sp³-hybridized carbons (Fsp3) is 0.172. The third kappa shape index (κ3) is 5.96. The van der Waals surface area contributed by atoms with Crippen LogP contribution in [-0.4, -0.2) is 32.9 Å². The predicted octanol–water partition coefficient (Wildman–Crippen LogP) is 5.24. The quantitative estimate of drug-likeness (QED) is 0.306. The number of sulfonamides is 1. The van der Waals surface area contributed by atoms with E-state index in [9.17, 15) is 18.5 Å². The minimum absolute atomic E-state index is 0.0716. The van der Waals surface area contributed by atoms with E-state index in [-0.39, 0.29) is 16.1 Å². The van der Waals surface area contributed by atoms with Gasteiger partial charge in [0.15, 0.2) is 0 Å². The van der Waals surface area contributed by atoms with E-state index in [0.29, 0.717) is 22.9 Å². The van der Waals surface area contributed by atoms with Crippen LogP contribution < -0.4 is 14.8 Å². The summed E-state index contributed by atoms with van der Waals surface area (Å²) in [5, 5.41) is 13.3. The van der Waals surface area contributed by atoms with Gasteiger partial charge in [0.2, 0.25) is 0 Å². The number of benzene rings is 3. The van der Waals surface area contributed by atoms with E-state index >= 15 is 0 Å². The second-order valence-electron chi connectivity index (χ2n) is 9.08. The molecular formula is C29H26N4O4S2. The number of nitriles is 1. The normalized spacial score (nSPS) is 13.2. The highest BCUT2D eigenvalue weighted by atomic mass is 32.2. The van der Waals surface area contributed by atoms with E-state index in [2.05, 4.69) is 33.1 Å². The molecule has 0 bridgehead atoms. The van der Waals surface area contributed by atoms with Crippen LogP contribution in [0.3, 0.4) is 0 Å². The minimum Gasteiger partial charge on any atom is -0.497 e. The number of hydrogen-bond donors (Lipinski definition) is 2. The molecule has 0 fully saturated rings. The van der Waals surface area contributed by atoms with E-state index in [1.807, 2.05) is 18.2 Å². The molecule has 4 aromatic rings. The Morgan fingerprint density at radius 2 is 1.85 bits per heavy atom. The van der Waals surface area contributed by atoms with Crippen molar-refractivity contribution in [2.24, 2.45) is 0 Å². The molecule has 39 heavy (non-hydrogen) atoms. The SMILES string of the molecule is COc1ccc(S(=O)(=O)Nc2cccc(C(=O)Nc3sc4c(c3C#N)CCN(Cc3ccccc3)C4)c2)cc1. The van der Waals surface area contributed by atoms with Crippen molar-refractivity contribution in [2.45, 2.75) is 24.4 Å². The number of thiophene rings is 1. The molecule has 0 radical (unpaired) electrons. The molecule has 3 aromatic carbocycles. The van der Waals surface area contributed by atoms with Crippen LogP contribution in [0.25, 0.3) is 0 Å². The van der Waals surface area contributed by atoms with Crippen LogP contribution in [0.5, 0.6) is 5.75 Å². The number of ether oxygens (including phenoxy) is 1. The van der Waals surface area contributed by atoms with Crippen LogP contribution in [0.15, 0.2) is 83.8 Å². The number of carbonyl (C=O) groups is 1. The third-order valence-corrected chi connectivity index (χ3v) is 9.00. The monoisotopic (exact) mass is 558 g/mol. The molecule has 0 unspecified atom stereocenters. The van der Waals surface area contributed by atoms with Gasteiger partial charge in [-0.1, -0.05) is 36.4 Å². The lowest BCUT2D eigenvalue weighted by Gasteiger charge is -2.26. The van der Waals surface area contributed by atoms with Crippen molar-refractivity contribution in [1.82, 2.24) is 4.90 Å². The van der Waals surface area contributed by atoms with Gasteiger partial charge in [-0.2, -0.15) is 5.26 Å². The van der Waals surface area contributed by atoms with E-state index in [1.165, 1.54) is 42.2 Å². The Kier molecular flexibility index (Phi) is 7.65. The summed E-state index contributed by atoms with van der Waals surface area (Å²) in [6, 6.07) is 24.8. The summed E-state index contributed by atoms with van der Waals surface area (Å²) in [7, 11) is -2.36. The smallest absolute Gasteiger partial charge is 0.261 e. The number of nitrogens with zero attached hydrogens (tertiary/aromatic N) is 2. The molecule has 2 heterocycles. The van der Waals surface area contributed by atoms with Gasteiger partial charge in [-0.05, 0) is 60.0 Å². The average molecular weight is 559 g/mol. The van der Waals surface area contributed by atoms with Gasteiger partial charge in [0, 0.05) is 35.8 Å². The lowest BCUT2D eigenvalue weighted by Crippen LogP contribution is -2.29. The number of rotatable bonds is 8. The Morgan fingerprint density at radius 3 is 2.56 bits per heavy atom. The largest absolute Gasteiger partial charge is 0.497 e. The first-order valence-corrected chi connectivity index (χ1v) is 14.6. The molecule has 0 saturated heterocycles. The molecule has 10 heteroatoms. The first kappa shape index (κ1) is 26.4. The van der Waals surface area contributed by atoms with Crippen LogP contribution in [0.4, 0.5) is 10.7 Å². The number of carbonyl (C=O) groups excluding carboxylic acids is 1. The molecule has 1 aliphatic rings. The fourth-order valence-electron chi connectivity index (χ4n) is 4.51. The van der Waals surface area contributed by atoms with E-state index < -0.39 is 15.9 Å². The highest BCUT2D eigenvalue weighted by molar-refractivity contribution is 7.92. The highest BCUT2D eigenvalue weighted by Gasteiger charge is 2.26. The molecule has 198 valence electrons. The van der Waals surface area contributed by atoms with Crippen molar-refractivity contribution in [3.63, 3.8) is 0 Å². The van der Waals surface area contributed by atoms with Crippen molar-refractivity contribution in [2.75, 3.05) is 23.7 Å². The van der Waals surface area contributed by atoms with Crippen molar-refractivity contribution in [1.29, 1.82) is 5.26 Å². The number of methoxy groups -OCH3 is 1. The lowest BCUT2D eigenvalue weighted by atomic mass is 10.0. The molecule has 8 nitrogen and oxygen atoms in total. The molecule has 5 rings (SSSR count). The first-order chi connectivity index (χ1) is 18.9. The topological polar surface area (TPSA) is 112 Å². The summed E-state index contributed by atoms with van der Waals surface area (Å²) >= 11 is 1.42. The zero-order valence-electron chi connectivity index (χ0n) is 21.2. The Labute approximate surface area is 231 Å². The molecule has 2 N–H and O–H groups in total. The van der Waals surface area contributed by atoms with E-state index in [0.717, 1.165) is 30.0 Å². The number of anilines is 2. The van der Waals surface area contributed by atoms with Gasteiger partial charge >= 0.3 is 0 Å². The molecule has 0 aliphatic carbocycles. The summed E-state index contributed by atoms with van der Waals surface area (Å²) in [5.41, 5.74) is 3.24. The fourth-order valence-corrected chi connectivity index (χ4v) is 6.79. The molecule has 1 aromatic heterocycles. The summed E-state index contributed by atoms with van der Waals surface area (Å²) in [6.07, 6.45) is 0.736. The predicted molar refractivity (Wildman–Crippen MR) is 151 cm³/mol. The molecule has 0 saturated carbocycles. The maximum absolute atomic E-state index is 13.1. The first-order valence-electron chi connectivity index (χ1n) is 12.3. The molecule has 1 aliphatic heterocycles. The van der Waals surface area contributed by atoms with Gasteiger partial charge in [0.05, 0.1) is 17.6 Å².